The van der Waals surface area contributed by atoms with Crippen molar-refractivity contribution in [1.29, 1.82) is 0 Å². The molecule has 38 heavy (non-hydrogen) atoms. The van der Waals surface area contributed by atoms with E-state index >= 15 is 0 Å². The van der Waals surface area contributed by atoms with Crippen molar-refractivity contribution in [2.45, 2.75) is 33.7 Å². The third-order valence-corrected chi connectivity index (χ3v) is 5.54. The number of para-hydroxylation sites is 1. The van der Waals surface area contributed by atoms with Gasteiger partial charge in [0.05, 0.1) is 37.7 Å². The van der Waals surface area contributed by atoms with Crippen molar-refractivity contribution in [2.24, 2.45) is 5.10 Å². The zero-order valence-corrected chi connectivity index (χ0v) is 22.6. The highest BCUT2D eigenvalue weighted by molar-refractivity contribution is 7.80. The minimum atomic E-state index is -0.612. The monoisotopic (exact) mass is 540 g/mol. The predicted octanol–water partition coefficient (Wildman–Crippen LogP) is 3.37. The van der Waals surface area contributed by atoms with Gasteiger partial charge in [0.2, 0.25) is 0 Å². The number of rotatable bonds is 12. The van der Waals surface area contributed by atoms with E-state index in [9.17, 15) is 9.59 Å². The maximum Gasteiger partial charge on any atom is 0.338 e. The van der Waals surface area contributed by atoms with Gasteiger partial charge in [-0.05, 0) is 69.7 Å². The van der Waals surface area contributed by atoms with E-state index in [1.807, 2.05) is 26.0 Å². The molecule has 1 amide bonds. The zero-order chi connectivity index (χ0) is 27.5. The second-order valence-electron chi connectivity index (χ2n) is 7.98. The average Bonchev–Trinajstić information content (AvgIpc) is 2.89. The number of ether oxygens (including phenoxy) is 4. The van der Waals surface area contributed by atoms with Crippen molar-refractivity contribution in [1.82, 2.24) is 16.1 Å². The molecule has 1 atom stereocenters. The minimum Gasteiger partial charge on any atom is -0.490 e. The first-order valence-corrected chi connectivity index (χ1v) is 12.7. The van der Waals surface area contributed by atoms with Gasteiger partial charge in [0, 0.05) is 11.3 Å². The summed E-state index contributed by atoms with van der Waals surface area (Å²) in [6, 6.07) is 11.9. The second-order valence-corrected chi connectivity index (χ2v) is 8.39. The van der Waals surface area contributed by atoms with Crippen molar-refractivity contribution in [3.63, 3.8) is 0 Å². The standard InChI is InChI=1S/C27H32N4O6S/c1-5-34-21-13-12-18(14-22(21)35-6-2)15-28-31-23(32)16-37-20-11-9-8-10-19(20)25-24(26(33)36-7-3)17(4)29-27(38)30-25/h8-15,25H,5-7,16H2,1-4H3,(H,31,32)(H2,29,30,38)/t25-/m0/s1. The molecular formula is C27H32N4O6S. The zero-order valence-electron chi connectivity index (χ0n) is 21.8. The molecule has 1 aliphatic heterocycles. The van der Waals surface area contributed by atoms with Crippen LogP contribution < -0.4 is 30.3 Å². The number of hydrazone groups is 1. The van der Waals surface area contributed by atoms with Gasteiger partial charge in [-0.25, -0.2) is 10.2 Å². The summed E-state index contributed by atoms with van der Waals surface area (Å²) < 4.78 is 22.2. The van der Waals surface area contributed by atoms with Crippen molar-refractivity contribution in [2.75, 3.05) is 26.4 Å². The van der Waals surface area contributed by atoms with E-state index in [0.29, 0.717) is 52.4 Å². The van der Waals surface area contributed by atoms with Crippen LogP contribution in [0, 0.1) is 0 Å². The lowest BCUT2D eigenvalue weighted by Crippen LogP contribution is -2.45. The Balaban J connectivity index is 1.68. The van der Waals surface area contributed by atoms with Crippen LogP contribution in [0.1, 0.15) is 44.9 Å². The summed E-state index contributed by atoms with van der Waals surface area (Å²) in [7, 11) is 0. The van der Waals surface area contributed by atoms with Gasteiger partial charge < -0.3 is 29.6 Å². The first kappa shape index (κ1) is 28.5. The summed E-state index contributed by atoms with van der Waals surface area (Å²) in [5.41, 5.74) is 4.78. The van der Waals surface area contributed by atoms with Crippen LogP contribution in [0.4, 0.5) is 0 Å². The van der Waals surface area contributed by atoms with E-state index in [4.69, 9.17) is 31.2 Å². The van der Waals surface area contributed by atoms with E-state index in [1.54, 1.807) is 44.2 Å². The molecule has 0 bridgehead atoms. The lowest BCUT2D eigenvalue weighted by molar-refractivity contribution is -0.139. The minimum absolute atomic E-state index is 0.231. The number of nitrogens with zero attached hydrogens (tertiary/aromatic N) is 1. The van der Waals surface area contributed by atoms with Crippen molar-refractivity contribution in [3.8, 4) is 17.2 Å². The van der Waals surface area contributed by atoms with Crippen LogP contribution in [0.5, 0.6) is 17.2 Å². The molecular weight excluding hydrogens is 508 g/mol. The summed E-state index contributed by atoms with van der Waals surface area (Å²) in [4.78, 5) is 25.1. The Hall–Kier alpha value is -4.12. The van der Waals surface area contributed by atoms with Crippen LogP contribution in [0.15, 0.2) is 58.8 Å². The highest BCUT2D eigenvalue weighted by Crippen LogP contribution is 2.33. The number of nitrogens with one attached hydrogen (secondary N) is 3. The third kappa shape index (κ3) is 7.45. The van der Waals surface area contributed by atoms with Gasteiger partial charge in [0.25, 0.3) is 5.91 Å². The van der Waals surface area contributed by atoms with E-state index < -0.39 is 17.9 Å². The number of thiocarbonyl (C=S) groups is 1. The summed E-state index contributed by atoms with van der Waals surface area (Å²) in [6.45, 7) is 8.23. The Kier molecular flexibility index (Phi) is 10.5. The van der Waals surface area contributed by atoms with E-state index in [1.165, 1.54) is 6.21 Å². The number of carbonyl (C=O) groups excluding carboxylic acids is 2. The maximum absolute atomic E-state index is 12.7. The Morgan fingerprint density at radius 2 is 1.74 bits per heavy atom. The molecule has 0 radical (unpaired) electrons. The normalized spacial score (nSPS) is 14.9. The fraction of sp³-hybridized carbons (Fsp3) is 0.333. The van der Waals surface area contributed by atoms with Gasteiger partial charge in [-0.2, -0.15) is 5.10 Å². The molecule has 1 aliphatic rings. The van der Waals surface area contributed by atoms with E-state index in [-0.39, 0.29) is 13.2 Å². The van der Waals surface area contributed by atoms with Gasteiger partial charge in [0.1, 0.15) is 5.75 Å². The molecule has 0 aromatic heterocycles. The molecule has 2 aromatic carbocycles. The summed E-state index contributed by atoms with van der Waals surface area (Å²) in [5, 5.41) is 10.4. The van der Waals surface area contributed by atoms with Crippen LogP contribution in [-0.2, 0) is 14.3 Å². The molecule has 0 saturated carbocycles. The van der Waals surface area contributed by atoms with Gasteiger partial charge in [-0.15, -0.1) is 0 Å². The Morgan fingerprint density at radius 3 is 2.47 bits per heavy atom. The van der Waals surface area contributed by atoms with Crippen molar-refractivity contribution >= 4 is 35.4 Å². The Bertz CT molecular complexity index is 1230. The lowest BCUT2D eigenvalue weighted by atomic mass is 9.95. The van der Waals surface area contributed by atoms with Gasteiger partial charge in [-0.1, -0.05) is 18.2 Å². The van der Waals surface area contributed by atoms with Crippen LogP contribution >= 0.6 is 12.2 Å². The first-order chi connectivity index (χ1) is 18.4. The number of allylic oxidation sites excluding steroid dienone is 1. The van der Waals surface area contributed by atoms with Gasteiger partial charge >= 0.3 is 5.97 Å². The summed E-state index contributed by atoms with van der Waals surface area (Å²) in [6.07, 6.45) is 1.50. The van der Waals surface area contributed by atoms with Crippen LogP contribution in [0.25, 0.3) is 0 Å². The number of esters is 1. The molecule has 10 nitrogen and oxygen atoms in total. The molecule has 3 rings (SSSR count). The van der Waals surface area contributed by atoms with E-state index in [0.717, 1.165) is 5.56 Å². The molecule has 2 aromatic rings. The largest absolute Gasteiger partial charge is 0.490 e. The molecule has 11 heteroatoms. The molecule has 3 N–H and O–H groups in total. The van der Waals surface area contributed by atoms with Gasteiger partial charge in [-0.3, -0.25) is 4.79 Å². The smallest absolute Gasteiger partial charge is 0.338 e. The number of hydrogen-bond acceptors (Lipinski definition) is 8. The quantitative estimate of drug-likeness (QED) is 0.161. The first-order valence-electron chi connectivity index (χ1n) is 12.3. The molecule has 202 valence electrons. The van der Waals surface area contributed by atoms with E-state index in [2.05, 4.69) is 21.2 Å². The van der Waals surface area contributed by atoms with Gasteiger partial charge in [0.15, 0.2) is 23.2 Å². The summed E-state index contributed by atoms with van der Waals surface area (Å²) >= 11 is 5.30. The molecule has 0 aliphatic carbocycles. The molecule has 0 spiro atoms. The van der Waals surface area contributed by atoms with Crippen LogP contribution in [0.3, 0.4) is 0 Å². The fourth-order valence-corrected chi connectivity index (χ4v) is 4.03. The SMILES string of the molecule is CCOC(=O)C1=C(C)NC(=S)N[C@H]1c1ccccc1OCC(=O)NN=Cc1ccc(OCC)c(OCC)c1. The Labute approximate surface area is 227 Å². The number of hydrogen-bond donors (Lipinski definition) is 3. The number of carbonyl (C=O) groups is 2. The van der Waals surface area contributed by atoms with Crippen molar-refractivity contribution < 1.29 is 28.5 Å². The van der Waals surface area contributed by atoms with Crippen molar-refractivity contribution in [3.05, 3.63) is 64.9 Å². The predicted molar refractivity (Wildman–Crippen MR) is 147 cm³/mol. The molecule has 0 saturated heterocycles. The maximum atomic E-state index is 12.7. The lowest BCUT2D eigenvalue weighted by Gasteiger charge is -2.30. The molecule has 0 unspecified atom stereocenters. The highest BCUT2D eigenvalue weighted by Gasteiger charge is 2.32. The molecule has 0 fully saturated rings. The van der Waals surface area contributed by atoms with Crippen LogP contribution in [-0.4, -0.2) is 49.6 Å². The topological polar surface area (TPSA) is 120 Å². The summed E-state index contributed by atoms with van der Waals surface area (Å²) in [5.74, 6) is 0.723. The highest BCUT2D eigenvalue weighted by atomic mass is 32.1. The fourth-order valence-electron chi connectivity index (χ4n) is 3.76. The number of amides is 1. The Morgan fingerprint density at radius 1 is 1.00 bits per heavy atom. The second kappa shape index (κ2) is 14.0. The molecule has 1 heterocycles. The third-order valence-electron chi connectivity index (χ3n) is 5.32. The van der Waals surface area contributed by atoms with Crippen LogP contribution in [0.2, 0.25) is 0 Å². The number of benzene rings is 2. The average molecular weight is 541 g/mol.